The normalized spacial score (nSPS) is 11.3. The van der Waals surface area contributed by atoms with Crippen molar-refractivity contribution in [3.8, 4) is 0 Å². The van der Waals surface area contributed by atoms with E-state index in [0.29, 0.717) is 24.4 Å². The van der Waals surface area contributed by atoms with E-state index < -0.39 is 10.0 Å². The van der Waals surface area contributed by atoms with Crippen molar-refractivity contribution in [2.75, 3.05) is 29.9 Å². The van der Waals surface area contributed by atoms with Gasteiger partial charge < -0.3 is 10.5 Å². The molecular formula is C10H16N2O3S. The zero-order chi connectivity index (χ0) is 12.0. The number of rotatable bonds is 6. The lowest BCUT2D eigenvalue weighted by Gasteiger charge is -2.07. The van der Waals surface area contributed by atoms with Gasteiger partial charge in [-0.1, -0.05) is 0 Å². The summed E-state index contributed by atoms with van der Waals surface area (Å²) in [6.45, 7) is 0.433. The van der Waals surface area contributed by atoms with E-state index >= 15 is 0 Å². The second kappa shape index (κ2) is 5.72. The highest BCUT2D eigenvalue weighted by Gasteiger charge is 2.09. The third kappa shape index (κ3) is 4.50. The minimum absolute atomic E-state index is 0.0468. The molecule has 0 bridgehead atoms. The van der Waals surface area contributed by atoms with Crippen LogP contribution in [-0.4, -0.2) is 27.9 Å². The third-order valence-corrected chi connectivity index (χ3v) is 3.32. The first-order chi connectivity index (χ1) is 7.53. The topological polar surface area (TPSA) is 81.4 Å². The molecule has 0 aliphatic rings. The third-order valence-electron chi connectivity index (χ3n) is 1.95. The first kappa shape index (κ1) is 12.8. The maximum absolute atomic E-state index is 11.6. The number of nitrogens with one attached hydrogen (secondary N) is 1. The molecule has 16 heavy (non-hydrogen) atoms. The SMILES string of the molecule is COCCCS(=O)(=O)Nc1ccc(N)cc1. The molecule has 0 heterocycles. The lowest BCUT2D eigenvalue weighted by molar-refractivity contribution is 0.199. The van der Waals surface area contributed by atoms with E-state index in [1.165, 1.54) is 0 Å². The summed E-state index contributed by atoms with van der Waals surface area (Å²) in [5.41, 5.74) is 6.61. The first-order valence-corrected chi connectivity index (χ1v) is 6.54. The van der Waals surface area contributed by atoms with Crippen molar-refractivity contribution in [2.24, 2.45) is 0 Å². The molecule has 1 aromatic carbocycles. The first-order valence-electron chi connectivity index (χ1n) is 4.88. The monoisotopic (exact) mass is 244 g/mol. The molecule has 6 heteroatoms. The molecule has 0 fully saturated rings. The standard InChI is InChI=1S/C10H16N2O3S/c1-15-7-2-8-16(13,14)12-10-5-3-9(11)4-6-10/h3-6,12H,2,7-8,11H2,1H3. The highest BCUT2D eigenvalue weighted by Crippen LogP contribution is 2.12. The van der Waals surface area contributed by atoms with Gasteiger partial charge in [-0.25, -0.2) is 8.42 Å². The Labute approximate surface area is 95.7 Å². The van der Waals surface area contributed by atoms with Gasteiger partial charge in [-0.05, 0) is 30.7 Å². The predicted octanol–water partition coefficient (Wildman–Crippen LogP) is 1.05. The van der Waals surface area contributed by atoms with Gasteiger partial charge in [0, 0.05) is 25.1 Å². The van der Waals surface area contributed by atoms with Crippen molar-refractivity contribution in [1.29, 1.82) is 0 Å². The lowest BCUT2D eigenvalue weighted by atomic mass is 10.3. The maximum atomic E-state index is 11.6. The van der Waals surface area contributed by atoms with Crippen LogP contribution in [0.3, 0.4) is 0 Å². The Morgan fingerprint density at radius 2 is 1.94 bits per heavy atom. The minimum atomic E-state index is -3.29. The zero-order valence-electron chi connectivity index (χ0n) is 9.14. The summed E-state index contributed by atoms with van der Waals surface area (Å²) in [7, 11) is -1.75. The second-order valence-electron chi connectivity index (χ2n) is 3.39. The van der Waals surface area contributed by atoms with Gasteiger partial charge in [0.05, 0.1) is 5.75 Å². The van der Waals surface area contributed by atoms with Gasteiger partial charge in [0.15, 0.2) is 0 Å². The molecular weight excluding hydrogens is 228 g/mol. The molecule has 0 unspecified atom stereocenters. The number of nitrogen functional groups attached to an aromatic ring is 1. The Kier molecular flexibility index (Phi) is 4.57. The minimum Gasteiger partial charge on any atom is -0.399 e. The van der Waals surface area contributed by atoms with Crippen LogP contribution in [0.2, 0.25) is 0 Å². The summed E-state index contributed by atoms with van der Waals surface area (Å²) < 4.78 is 30.4. The summed E-state index contributed by atoms with van der Waals surface area (Å²) in [5.74, 6) is 0.0468. The van der Waals surface area contributed by atoms with Crippen molar-refractivity contribution in [3.63, 3.8) is 0 Å². The Hall–Kier alpha value is -1.27. The Bertz CT molecular complexity index is 414. The fraction of sp³-hybridized carbons (Fsp3) is 0.400. The van der Waals surface area contributed by atoms with Crippen LogP contribution in [0.25, 0.3) is 0 Å². The molecule has 5 nitrogen and oxygen atoms in total. The van der Waals surface area contributed by atoms with E-state index in [0.717, 1.165) is 0 Å². The van der Waals surface area contributed by atoms with E-state index in [1.54, 1.807) is 31.4 Å². The number of anilines is 2. The molecule has 90 valence electrons. The van der Waals surface area contributed by atoms with Crippen LogP contribution < -0.4 is 10.5 Å². The number of nitrogens with two attached hydrogens (primary N) is 1. The van der Waals surface area contributed by atoms with E-state index in [-0.39, 0.29) is 5.75 Å². The van der Waals surface area contributed by atoms with Gasteiger partial charge in [0.25, 0.3) is 0 Å². The van der Waals surface area contributed by atoms with E-state index in [1.807, 2.05) is 0 Å². The highest BCUT2D eigenvalue weighted by molar-refractivity contribution is 7.92. The predicted molar refractivity (Wildman–Crippen MR) is 64.8 cm³/mol. The molecule has 0 saturated heterocycles. The molecule has 0 aliphatic carbocycles. The summed E-state index contributed by atoms with van der Waals surface area (Å²) in [5, 5.41) is 0. The van der Waals surface area contributed by atoms with Gasteiger partial charge in [0.1, 0.15) is 0 Å². The smallest absolute Gasteiger partial charge is 0.232 e. The maximum Gasteiger partial charge on any atom is 0.232 e. The molecule has 3 N–H and O–H groups in total. The van der Waals surface area contributed by atoms with Crippen LogP contribution in [0.15, 0.2) is 24.3 Å². The summed E-state index contributed by atoms with van der Waals surface area (Å²) in [6, 6.07) is 6.55. The number of methoxy groups -OCH3 is 1. The Morgan fingerprint density at radius 3 is 2.50 bits per heavy atom. The van der Waals surface area contributed by atoms with Gasteiger partial charge in [0.2, 0.25) is 10.0 Å². The van der Waals surface area contributed by atoms with E-state index in [9.17, 15) is 8.42 Å². The lowest BCUT2D eigenvalue weighted by Crippen LogP contribution is -2.17. The summed E-state index contributed by atoms with van der Waals surface area (Å²) >= 11 is 0. The zero-order valence-corrected chi connectivity index (χ0v) is 9.96. The number of hydrogen-bond donors (Lipinski definition) is 2. The van der Waals surface area contributed by atoms with Crippen LogP contribution in [-0.2, 0) is 14.8 Å². The van der Waals surface area contributed by atoms with Gasteiger partial charge in [-0.15, -0.1) is 0 Å². The number of hydrogen-bond acceptors (Lipinski definition) is 4. The number of sulfonamides is 1. The van der Waals surface area contributed by atoms with Crippen molar-refractivity contribution in [1.82, 2.24) is 0 Å². The van der Waals surface area contributed by atoms with Crippen LogP contribution in [0.1, 0.15) is 6.42 Å². The van der Waals surface area contributed by atoms with Crippen LogP contribution in [0, 0.1) is 0 Å². The van der Waals surface area contributed by atoms with Crippen molar-refractivity contribution >= 4 is 21.4 Å². The van der Waals surface area contributed by atoms with Crippen molar-refractivity contribution < 1.29 is 13.2 Å². The van der Waals surface area contributed by atoms with Crippen LogP contribution in [0.4, 0.5) is 11.4 Å². The molecule has 0 radical (unpaired) electrons. The average Bonchev–Trinajstić information content (AvgIpc) is 2.21. The van der Waals surface area contributed by atoms with Gasteiger partial charge in [-0.2, -0.15) is 0 Å². The fourth-order valence-electron chi connectivity index (χ4n) is 1.18. The largest absolute Gasteiger partial charge is 0.399 e. The molecule has 0 aromatic heterocycles. The highest BCUT2D eigenvalue weighted by atomic mass is 32.2. The van der Waals surface area contributed by atoms with Crippen LogP contribution in [0.5, 0.6) is 0 Å². The van der Waals surface area contributed by atoms with Crippen LogP contribution >= 0.6 is 0 Å². The number of benzene rings is 1. The van der Waals surface area contributed by atoms with E-state index in [4.69, 9.17) is 10.5 Å². The second-order valence-corrected chi connectivity index (χ2v) is 5.23. The Balaban J connectivity index is 2.55. The fourth-order valence-corrected chi connectivity index (χ4v) is 2.27. The average molecular weight is 244 g/mol. The molecule has 0 saturated carbocycles. The van der Waals surface area contributed by atoms with Gasteiger partial charge >= 0.3 is 0 Å². The molecule has 0 amide bonds. The van der Waals surface area contributed by atoms with E-state index in [2.05, 4.69) is 4.72 Å². The molecule has 1 rings (SSSR count). The molecule has 1 aromatic rings. The van der Waals surface area contributed by atoms with Gasteiger partial charge in [-0.3, -0.25) is 4.72 Å². The quantitative estimate of drug-likeness (QED) is 0.579. The van der Waals surface area contributed by atoms with Crippen molar-refractivity contribution in [2.45, 2.75) is 6.42 Å². The molecule has 0 spiro atoms. The summed E-state index contributed by atoms with van der Waals surface area (Å²) in [4.78, 5) is 0. The summed E-state index contributed by atoms with van der Waals surface area (Å²) in [6.07, 6.45) is 0.473. The molecule has 0 atom stereocenters. The van der Waals surface area contributed by atoms with Crippen molar-refractivity contribution in [3.05, 3.63) is 24.3 Å². The molecule has 0 aliphatic heterocycles. The Morgan fingerprint density at radius 1 is 1.31 bits per heavy atom. The number of ether oxygens (including phenoxy) is 1.